The molecule has 9 heteroatoms. The number of nitrogens with zero attached hydrogens (tertiary/aromatic N) is 3. The monoisotopic (exact) mass is 276 g/mol. The van der Waals surface area contributed by atoms with Crippen molar-refractivity contribution in [1.29, 1.82) is 0 Å². The number of aromatic nitrogens is 2. The summed E-state index contributed by atoms with van der Waals surface area (Å²) < 4.78 is 30.0. The lowest BCUT2D eigenvalue weighted by atomic mass is 10.2. The fraction of sp³-hybridized carbons (Fsp3) is 0.556. The van der Waals surface area contributed by atoms with Crippen molar-refractivity contribution < 1.29 is 17.9 Å². The van der Waals surface area contributed by atoms with Crippen molar-refractivity contribution in [2.75, 3.05) is 21.2 Å². The fourth-order valence-electron chi connectivity index (χ4n) is 1.22. The zero-order chi connectivity index (χ0) is 13.9. The van der Waals surface area contributed by atoms with Crippen molar-refractivity contribution in [3.63, 3.8) is 0 Å². The first-order valence-corrected chi connectivity index (χ1v) is 6.48. The molecule has 1 unspecified atom stereocenters. The lowest BCUT2D eigenvalue weighted by Gasteiger charge is -2.11. The molecule has 1 aromatic heterocycles. The van der Waals surface area contributed by atoms with Crippen molar-refractivity contribution in [2.24, 2.45) is 5.73 Å². The van der Waals surface area contributed by atoms with Crippen LogP contribution in [0.25, 0.3) is 0 Å². The Labute approximate surface area is 106 Å². The number of carbonyl (C=O) groups is 1. The Balaban J connectivity index is 2.85. The number of imidazole rings is 1. The predicted molar refractivity (Wildman–Crippen MR) is 63.9 cm³/mol. The second-order valence-electron chi connectivity index (χ2n) is 3.82. The van der Waals surface area contributed by atoms with Crippen LogP contribution in [-0.2, 0) is 26.2 Å². The molecule has 0 saturated carbocycles. The molecule has 0 bridgehead atoms. The van der Waals surface area contributed by atoms with Gasteiger partial charge in [0.15, 0.2) is 0 Å². The van der Waals surface area contributed by atoms with Crippen molar-refractivity contribution >= 4 is 16.2 Å². The van der Waals surface area contributed by atoms with E-state index in [4.69, 9.17) is 5.73 Å². The summed E-state index contributed by atoms with van der Waals surface area (Å²) in [7, 11) is 0.470. The number of rotatable bonds is 5. The number of hydrogen-bond donors (Lipinski definition) is 1. The third-order valence-electron chi connectivity index (χ3n) is 2.27. The SMILES string of the molecule is COC(=O)C(N)Cc1cn(S(=O)(=O)N(C)C)cn1. The molecule has 0 radical (unpaired) electrons. The summed E-state index contributed by atoms with van der Waals surface area (Å²) in [6.45, 7) is 0. The molecular formula is C9H16N4O4S. The van der Waals surface area contributed by atoms with Gasteiger partial charge in [-0.3, -0.25) is 4.79 Å². The maximum Gasteiger partial charge on any atom is 0.323 e. The Morgan fingerprint density at radius 1 is 1.61 bits per heavy atom. The van der Waals surface area contributed by atoms with Gasteiger partial charge in [0.2, 0.25) is 0 Å². The van der Waals surface area contributed by atoms with E-state index in [9.17, 15) is 13.2 Å². The molecule has 1 heterocycles. The van der Waals surface area contributed by atoms with E-state index in [-0.39, 0.29) is 6.42 Å². The second-order valence-corrected chi connectivity index (χ2v) is 5.87. The summed E-state index contributed by atoms with van der Waals surface area (Å²) in [5, 5.41) is 0. The molecule has 102 valence electrons. The largest absolute Gasteiger partial charge is 0.468 e. The minimum Gasteiger partial charge on any atom is -0.468 e. The number of nitrogens with two attached hydrogens (primary N) is 1. The standard InChI is InChI=1S/C9H16N4O4S/c1-12(2)18(15,16)13-5-7(11-6-13)4-8(10)9(14)17-3/h5-6,8H,4,10H2,1-3H3. The molecule has 0 aliphatic rings. The predicted octanol–water partition coefficient (Wildman–Crippen LogP) is -1.42. The van der Waals surface area contributed by atoms with Gasteiger partial charge in [0, 0.05) is 26.7 Å². The molecule has 2 N–H and O–H groups in total. The first-order valence-electron chi connectivity index (χ1n) is 5.08. The highest BCUT2D eigenvalue weighted by Crippen LogP contribution is 2.05. The maximum atomic E-state index is 11.7. The van der Waals surface area contributed by atoms with Crippen LogP contribution in [-0.4, -0.2) is 54.9 Å². The number of hydrogen-bond acceptors (Lipinski definition) is 6. The molecule has 8 nitrogen and oxygen atoms in total. The highest BCUT2D eigenvalue weighted by Gasteiger charge is 2.19. The molecule has 1 atom stereocenters. The van der Waals surface area contributed by atoms with Crippen LogP contribution in [0.1, 0.15) is 5.69 Å². The lowest BCUT2D eigenvalue weighted by Crippen LogP contribution is -2.33. The Morgan fingerprint density at radius 2 is 2.22 bits per heavy atom. The van der Waals surface area contributed by atoms with E-state index >= 15 is 0 Å². The molecule has 0 saturated heterocycles. The maximum absolute atomic E-state index is 11.7. The van der Waals surface area contributed by atoms with Gasteiger partial charge in [-0.2, -0.15) is 12.7 Å². The summed E-state index contributed by atoms with van der Waals surface area (Å²) in [6.07, 6.45) is 2.59. The second kappa shape index (κ2) is 5.46. The lowest BCUT2D eigenvalue weighted by molar-refractivity contribution is -0.142. The summed E-state index contributed by atoms with van der Waals surface area (Å²) in [5.74, 6) is -0.569. The fourth-order valence-corrected chi connectivity index (χ4v) is 2.02. The van der Waals surface area contributed by atoms with Crippen LogP contribution < -0.4 is 5.73 Å². The average Bonchev–Trinajstić information content (AvgIpc) is 2.76. The minimum absolute atomic E-state index is 0.114. The van der Waals surface area contributed by atoms with Gasteiger partial charge in [-0.05, 0) is 0 Å². The molecule has 1 aromatic rings. The minimum atomic E-state index is -3.59. The number of esters is 1. The highest BCUT2D eigenvalue weighted by atomic mass is 32.2. The molecule has 0 aliphatic carbocycles. The van der Waals surface area contributed by atoms with Crippen molar-refractivity contribution in [2.45, 2.75) is 12.5 Å². The number of carbonyl (C=O) groups excluding carboxylic acids is 1. The van der Waals surface area contributed by atoms with Crippen molar-refractivity contribution in [1.82, 2.24) is 13.3 Å². The van der Waals surface area contributed by atoms with Crippen LogP contribution in [0.3, 0.4) is 0 Å². The first-order chi connectivity index (χ1) is 8.28. The molecule has 0 amide bonds. The molecule has 0 fully saturated rings. The van der Waals surface area contributed by atoms with Crippen molar-refractivity contribution in [3.05, 3.63) is 18.2 Å². The summed E-state index contributed by atoms with van der Waals surface area (Å²) in [4.78, 5) is 15.0. The molecular weight excluding hydrogens is 260 g/mol. The van der Waals surface area contributed by atoms with E-state index in [2.05, 4.69) is 9.72 Å². The van der Waals surface area contributed by atoms with Gasteiger partial charge in [0.25, 0.3) is 0 Å². The number of ether oxygens (including phenoxy) is 1. The van der Waals surface area contributed by atoms with Gasteiger partial charge in [-0.1, -0.05) is 0 Å². The molecule has 0 aliphatic heterocycles. The Morgan fingerprint density at radius 3 is 2.72 bits per heavy atom. The normalized spacial score (nSPS) is 13.6. The number of methoxy groups -OCH3 is 1. The third-order valence-corrected chi connectivity index (χ3v) is 3.93. The molecule has 0 spiro atoms. The van der Waals surface area contributed by atoms with Gasteiger partial charge >= 0.3 is 16.2 Å². The van der Waals surface area contributed by atoms with Gasteiger partial charge in [0.1, 0.15) is 12.4 Å². The smallest absolute Gasteiger partial charge is 0.323 e. The van der Waals surface area contributed by atoms with E-state index in [0.717, 1.165) is 14.6 Å². The van der Waals surface area contributed by atoms with Crippen LogP contribution in [0.15, 0.2) is 12.5 Å². The zero-order valence-corrected chi connectivity index (χ0v) is 11.2. The summed E-state index contributed by atoms with van der Waals surface area (Å²) in [6, 6.07) is -0.861. The van der Waals surface area contributed by atoms with Crippen molar-refractivity contribution in [3.8, 4) is 0 Å². The molecule has 0 aromatic carbocycles. The topological polar surface area (TPSA) is 108 Å². The zero-order valence-electron chi connectivity index (χ0n) is 10.4. The van der Waals surface area contributed by atoms with Gasteiger partial charge < -0.3 is 10.5 Å². The first kappa shape index (κ1) is 14.6. The highest BCUT2D eigenvalue weighted by molar-refractivity contribution is 7.87. The molecule has 18 heavy (non-hydrogen) atoms. The molecule has 1 rings (SSSR count). The van der Waals surface area contributed by atoms with Gasteiger partial charge in [-0.15, -0.1) is 0 Å². The summed E-state index contributed by atoms with van der Waals surface area (Å²) >= 11 is 0. The Bertz CT molecular complexity index is 522. The van der Waals surface area contributed by atoms with Crippen LogP contribution in [0.4, 0.5) is 0 Å². The van der Waals surface area contributed by atoms with Crippen LogP contribution in [0, 0.1) is 0 Å². The van der Waals surface area contributed by atoms with E-state index in [1.54, 1.807) is 0 Å². The average molecular weight is 276 g/mol. The van der Waals surface area contributed by atoms with Gasteiger partial charge in [0.05, 0.1) is 12.8 Å². The third kappa shape index (κ3) is 3.06. The van der Waals surface area contributed by atoms with Gasteiger partial charge in [-0.25, -0.2) is 8.96 Å². The quantitative estimate of drug-likeness (QED) is 0.661. The van der Waals surface area contributed by atoms with E-state index in [1.165, 1.54) is 27.4 Å². The van der Waals surface area contributed by atoms with E-state index in [0.29, 0.717) is 5.69 Å². The van der Waals surface area contributed by atoms with Crippen LogP contribution in [0.2, 0.25) is 0 Å². The Hall–Kier alpha value is -1.45. The van der Waals surface area contributed by atoms with E-state index < -0.39 is 22.2 Å². The van der Waals surface area contributed by atoms with Crippen LogP contribution >= 0.6 is 0 Å². The Kier molecular flexibility index (Phi) is 4.43. The van der Waals surface area contributed by atoms with E-state index in [1.807, 2.05) is 0 Å². The van der Waals surface area contributed by atoms with Crippen LogP contribution in [0.5, 0.6) is 0 Å². The summed E-state index contributed by atoms with van der Waals surface area (Å²) in [5.41, 5.74) is 5.96.